The summed E-state index contributed by atoms with van der Waals surface area (Å²) < 4.78 is 0. The van der Waals surface area contributed by atoms with Gasteiger partial charge in [0.2, 0.25) is 0 Å². The lowest BCUT2D eigenvalue weighted by Gasteiger charge is -2.35. The van der Waals surface area contributed by atoms with Crippen molar-refractivity contribution in [2.24, 2.45) is 5.92 Å². The van der Waals surface area contributed by atoms with Gasteiger partial charge < -0.3 is 10.2 Å². The quantitative estimate of drug-likeness (QED) is 0.700. The Balaban J connectivity index is 2.42. The third-order valence-electron chi connectivity index (χ3n) is 4.12. The van der Waals surface area contributed by atoms with E-state index in [0.717, 1.165) is 12.0 Å². The van der Waals surface area contributed by atoms with Crippen LogP contribution in [-0.2, 0) is 0 Å². The average molecular weight is 240 g/mol. The van der Waals surface area contributed by atoms with Gasteiger partial charge in [-0.1, -0.05) is 33.6 Å². The monoisotopic (exact) mass is 240 g/mol. The molecule has 0 radical (unpaired) electrons. The fourth-order valence-electron chi connectivity index (χ4n) is 3.11. The summed E-state index contributed by atoms with van der Waals surface area (Å²) in [6.45, 7) is 12.0. The van der Waals surface area contributed by atoms with E-state index in [9.17, 15) is 0 Å². The lowest BCUT2D eigenvalue weighted by molar-refractivity contribution is 0.143. The second-order valence-corrected chi connectivity index (χ2v) is 5.51. The highest BCUT2D eigenvalue weighted by Crippen LogP contribution is 2.19. The van der Waals surface area contributed by atoms with E-state index in [1.54, 1.807) is 0 Å². The molecule has 1 rings (SSSR count). The summed E-state index contributed by atoms with van der Waals surface area (Å²) in [5, 5.41) is 3.47. The van der Waals surface area contributed by atoms with Crippen LogP contribution in [0.2, 0.25) is 0 Å². The van der Waals surface area contributed by atoms with E-state index in [1.807, 2.05) is 0 Å². The van der Waals surface area contributed by atoms with Crippen LogP contribution in [0, 0.1) is 5.92 Å². The van der Waals surface area contributed by atoms with Gasteiger partial charge in [0.1, 0.15) is 0 Å². The highest BCUT2D eigenvalue weighted by atomic mass is 15.1. The average Bonchev–Trinajstić information content (AvgIpc) is 2.37. The zero-order valence-electron chi connectivity index (χ0n) is 12.2. The predicted molar refractivity (Wildman–Crippen MR) is 76.4 cm³/mol. The fraction of sp³-hybridized carbons (Fsp3) is 1.00. The summed E-state index contributed by atoms with van der Waals surface area (Å²) in [6.07, 6.45) is 8.17. The Kier molecular flexibility index (Phi) is 7.87. The highest BCUT2D eigenvalue weighted by Gasteiger charge is 2.21. The summed E-state index contributed by atoms with van der Waals surface area (Å²) in [5.41, 5.74) is 0. The third kappa shape index (κ3) is 5.39. The molecule has 0 aromatic carbocycles. The van der Waals surface area contributed by atoms with E-state index in [1.165, 1.54) is 64.7 Å². The van der Waals surface area contributed by atoms with Crippen LogP contribution in [0.3, 0.4) is 0 Å². The number of nitrogens with one attached hydrogen (secondary N) is 1. The molecule has 1 N–H and O–H groups in total. The van der Waals surface area contributed by atoms with Gasteiger partial charge in [-0.3, -0.25) is 0 Å². The maximum atomic E-state index is 3.47. The molecule has 0 aromatic rings. The van der Waals surface area contributed by atoms with Gasteiger partial charge in [-0.05, 0) is 51.2 Å². The first-order valence-electron chi connectivity index (χ1n) is 7.76. The normalized spacial score (nSPS) is 18.2. The van der Waals surface area contributed by atoms with Gasteiger partial charge in [-0.25, -0.2) is 0 Å². The van der Waals surface area contributed by atoms with Gasteiger partial charge in [-0.2, -0.15) is 0 Å². The molecular formula is C15H32N2. The third-order valence-corrected chi connectivity index (χ3v) is 4.12. The van der Waals surface area contributed by atoms with Gasteiger partial charge in [0.25, 0.3) is 0 Å². The molecule has 0 unspecified atom stereocenters. The molecule has 0 aliphatic carbocycles. The molecule has 17 heavy (non-hydrogen) atoms. The Bertz CT molecular complexity index is 170. The molecule has 1 aliphatic heterocycles. The molecule has 2 heteroatoms. The second kappa shape index (κ2) is 8.93. The molecule has 0 atom stereocenters. The van der Waals surface area contributed by atoms with Crippen LogP contribution in [0.4, 0.5) is 0 Å². The van der Waals surface area contributed by atoms with E-state index in [0.29, 0.717) is 0 Å². The first-order valence-corrected chi connectivity index (χ1v) is 7.76. The molecule has 0 saturated carbocycles. The van der Waals surface area contributed by atoms with Crippen molar-refractivity contribution in [2.75, 3.05) is 26.2 Å². The molecule has 1 fully saturated rings. The van der Waals surface area contributed by atoms with Crippen molar-refractivity contribution in [2.45, 2.75) is 65.3 Å². The lowest BCUT2D eigenvalue weighted by Crippen LogP contribution is -2.41. The molecule has 2 nitrogen and oxygen atoms in total. The highest BCUT2D eigenvalue weighted by molar-refractivity contribution is 4.76. The van der Waals surface area contributed by atoms with E-state index in [-0.39, 0.29) is 0 Å². The lowest BCUT2D eigenvalue weighted by atomic mass is 9.95. The largest absolute Gasteiger partial charge is 0.317 e. The van der Waals surface area contributed by atoms with E-state index in [2.05, 4.69) is 31.0 Å². The molecule has 102 valence electrons. The molecule has 0 bridgehead atoms. The van der Waals surface area contributed by atoms with Gasteiger partial charge in [0, 0.05) is 12.6 Å². The van der Waals surface area contributed by atoms with Crippen LogP contribution < -0.4 is 5.32 Å². The SMILES string of the molecule is CCCC(CCC)N(CC)CC1CCNCC1. The van der Waals surface area contributed by atoms with E-state index in [4.69, 9.17) is 0 Å². The van der Waals surface area contributed by atoms with Crippen LogP contribution in [0.25, 0.3) is 0 Å². The first kappa shape index (κ1) is 15.0. The van der Waals surface area contributed by atoms with Gasteiger partial charge >= 0.3 is 0 Å². The zero-order chi connectivity index (χ0) is 12.5. The Labute approximate surface area is 108 Å². The minimum absolute atomic E-state index is 0.838. The van der Waals surface area contributed by atoms with Gasteiger partial charge in [-0.15, -0.1) is 0 Å². The first-order chi connectivity index (χ1) is 8.31. The van der Waals surface area contributed by atoms with Gasteiger partial charge in [0.05, 0.1) is 0 Å². The Morgan fingerprint density at radius 2 is 1.65 bits per heavy atom. The zero-order valence-corrected chi connectivity index (χ0v) is 12.2. The topological polar surface area (TPSA) is 15.3 Å². The molecule has 1 saturated heterocycles. The van der Waals surface area contributed by atoms with Crippen LogP contribution in [-0.4, -0.2) is 37.1 Å². The van der Waals surface area contributed by atoms with E-state index < -0.39 is 0 Å². The minimum Gasteiger partial charge on any atom is -0.317 e. The van der Waals surface area contributed by atoms with Crippen molar-refractivity contribution in [3.8, 4) is 0 Å². The second-order valence-electron chi connectivity index (χ2n) is 5.51. The Hall–Kier alpha value is -0.0800. The number of rotatable bonds is 8. The Morgan fingerprint density at radius 1 is 1.06 bits per heavy atom. The van der Waals surface area contributed by atoms with Crippen molar-refractivity contribution in [3.63, 3.8) is 0 Å². The predicted octanol–water partition coefficient (Wildman–Crippen LogP) is 3.28. The van der Waals surface area contributed by atoms with Crippen molar-refractivity contribution >= 4 is 0 Å². The van der Waals surface area contributed by atoms with Crippen molar-refractivity contribution < 1.29 is 0 Å². The Morgan fingerprint density at radius 3 is 2.12 bits per heavy atom. The molecule has 0 amide bonds. The summed E-state index contributed by atoms with van der Waals surface area (Å²) in [4.78, 5) is 2.75. The maximum absolute atomic E-state index is 3.47. The molecule has 1 heterocycles. The number of hydrogen-bond donors (Lipinski definition) is 1. The van der Waals surface area contributed by atoms with Crippen molar-refractivity contribution in [1.29, 1.82) is 0 Å². The smallest absolute Gasteiger partial charge is 0.00950 e. The number of hydrogen-bond acceptors (Lipinski definition) is 2. The minimum atomic E-state index is 0.838. The summed E-state index contributed by atoms with van der Waals surface area (Å²) >= 11 is 0. The maximum Gasteiger partial charge on any atom is 0.00950 e. The van der Waals surface area contributed by atoms with Gasteiger partial charge in [0.15, 0.2) is 0 Å². The molecular weight excluding hydrogens is 208 g/mol. The number of nitrogens with zero attached hydrogens (tertiary/aromatic N) is 1. The fourth-order valence-corrected chi connectivity index (χ4v) is 3.11. The summed E-state index contributed by atoms with van der Waals surface area (Å²) in [7, 11) is 0. The molecule has 0 aromatic heterocycles. The van der Waals surface area contributed by atoms with Crippen molar-refractivity contribution in [1.82, 2.24) is 10.2 Å². The standard InChI is InChI=1S/C15H32N2/c1-4-7-15(8-5-2)17(6-3)13-14-9-11-16-12-10-14/h14-16H,4-13H2,1-3H3. The summed E-state index contributed by atoms with van der Waals surface area (Å²) in [5.74, 6) is 0.937. The van der Waals surface area contributed by atoms with Crippen LogP contribution >= 0.6 is 0 Å². The van der Waals surface area contributed by atoms with Crippen LogP contribution in [0.15, 0.2) is 0 Å². The van der Waals surface area contributed by atoms with Crippen LogP contribution in [0.5, 0.6) is 0 Å². The molecule has 1 aliphatic rings. The van der Waals surface area contributed by atoms with Crippen molar-refractivity contribution in [3.05, 3.63) is 0 Å². The van der Waals surface area contributed by atoms with Crippen LogP contribution in [0.1, 0.15) is 59.3 Å². The van der Waals surface area contributed by atoms with E-state index >= 15 is 0 Å². The molecule has 0 spiro atoms. The summed E-state index contributed by atoms with van der Waals surface area (Å²) in [6, 6.07) is 0.838. The number of piperidine rings is 1.